The Morgan fingerprint density at radius 1 is 1.16 bits per heavy atom. The van der Waals surface area contributed by atoms with Gasteiger partial charge in [-0.1, -0.05) is 6.07 Å². The predicted octanol–water partition coefficient (Wildman–Crippen LogP) is 1.71. The van der Waals surface area contributed by atoms with E-state index in [-0.39, 0.29) is 0 Å². The number of rotatable bonds is 2. The van der Waals surface area contributed by atoms with Gasteiger partial charge in [0.15, 0.2) is 0 Å². The number of piperazine rings is 1. The Bertz CT molecular complexity index is 573. The fraction of sp³-hybridized carbons (Fsp3) is 0.400. The number of nitrogens with zero attached hydrogens (tertiary/aromatic N) is 3. The summed E-state index contributed by atoms with van der Waals surface area (Å²) in [5.74, 6) is 1.04. The topological polar surface area (TPSA) is 31.4 Å². The first-order valence-electron chi connectivity index (χ1n) is 6.77. The van der Waals surface area contributed by atoms with Crippen LogP contribution < -0.4 is 15.1 Å². The van der Waals surface area contributed by atoms with Crippen molar-refractivity contribution in [3.63, 3.8) is 0 Å². The zero-order chi connectivity index (χ0) is 13.2. The second-order valence-corrected chi connectivity index (χ2v) is 5.17. The summed E-state index contributed by atoms with van der Waals surface area (Å²) in [5, 5.41) is 5.86. The molecule has 1 aromatic heterocycles. The van der Waals surface area contributed by atoms with Gasteiger partial charge >= 0.3 is 0 Å². The van der Waals surface area contributed by atoms with Crippen LogP contribution in [0.1, 0.15) is 0 Å². The second kappa shape index (κ2) is 5.05. The first-order chi connectivity index (χ1) is 9.25. The van der Waals surface area contributed by atoms with E-state index in [1.165, 1.54) is 16.5 Å². The van der Waals surface area contributed by atoms with Crippen LogP contribution in [-0.2, 0) is 0 Å². The molecule has 0 atom stereocenters. The molecule has 19 heavy (non-hydrogen) atoms. The van der Waals surface area contributed by atoms with E-state index in [2.05, 4.69) is 44.4 Å². The molecule has 0 bridgehead atoms. The lowest BCUT2D eigenvalue weighted by molar-refractivity contribution is 0.589. The van der Waals surface area contributed by atoms with Crippen molar-refractivity contribution in [2.24, 2.45) is 0 Å². The highest BCUT2D eigenvalue weighted by atomic mass is 15.2. The van der Waals surface area contributed by atoms with Crippen LogP contribution in [0.4, 0.5) is 11.5 Å². The maximum Gasteiger partial charge on any atom is 0.135 e. The van der Waals surface area contributed by atoms with Gasteiger partial charge in [-0.2, -0.15) is 0 Å². The number of benzene rings is 1. The summed E-state index contributed by atoms with van der Waals surface area (Å²) in [6.07, 6.45) is 1.88. The first kappa shape index (κ1) is 12.2. The van der Waals surface area contributed by atoms with Gasteiger partial charge in [-0.05, 0) is 23.6 Å². The van der Waals surface area contributed by atoms with E-state index >= 15 is 0 Å². The Morgan fingerprint density at radius 3 is 2.68 bits per heavy atom. The van der Waals surface area contributed by atoms with Crippen LogP contribution in [0, 0.1) is 0 Å². The number of hydrogen-bond donors (Lipinski definition) is 1. The van der Waals surface area contributed by atoms with Crippen molar-refractivity contribution in [3.05, 3.63) is 30.5 Å². The fourth-order valence-corrected chi connectivity index (χ4v) is 2.62. The fourth-order valence-electron chi connectivity index (χ4n) is 2.62. The molecule has 0 unspecified atom stereocenters. The van der Waals surface area contributed by atoms with Crippen molar-refractivity contribution in [2.75, 3.05) is 50.1 Å². The molecule has 1 fully saturated rings. The molecule has 2 heterocycles. The van der Waals surface area contributed by atoms with E-state index in [0.29, 0.717) is 0 Å². The average molecular weight is 256 g/mol. The zero-order valence-corrected chi connectivity index (χ0v) is 11.6. The number of aromatic nitrogens is 1. The van der Waals surface area contributed by atoms with Crippen LogP contribution >= 0.6 is 0 Å². The van der Waals surface area contributed by atoms with Crippen LogP contribution in [-0.4, -0.2) is 45.3 Å². The van der Waals surface area contributed by atoms with Gasteiger partial charge in [0.25, 0.3) is 0 Å². The van der Waals surface area contributed by atoms with Crippen molar-refractivity contribution in [3.8, 4) is 0 Å². The largest absolute Gasteiger partial charge is 0.369 e. The van der Waals surface area contributed by atoms with E-state index < -0.39 is 0 Å². The van der Waals surface area contributed by atoms with Gasteiger partial charge in [-0.3, -0.25) is 0 Å². The quantitative estimate of drug-likeness (QED) is 0.886. The summed E-state index contributed by atoms with van der Waals surface area (Å²) < 4.78 is 0. The van der Waals surface area contributed by atoms with Crippen LogP contribution in [0.15, 0.2) is 30.5 Å². The molecular formula is C15H20N4. The van der Waals surface area contributed by atoms with E-state index in [0.717, 1.165) is 32.0 Å². The van der Waals surface area contributed by atoms with Crippen molar-refractivity contribution >= 4 is 22.3 Å². The SMILES string of the molecule is CN(C)c1nccc2ccc(N3CCNCC3)cc12. The number of hydrogen-bond acceptors (Lipinski definition) is 4. The van der Waals surface area contributed by atoms with Gasteiger partial charge in [0, 0.05) is 57.5 Å². The van der Waals surface area contributed by atoms with Gasteiger partial charge in [-0.15, -0.1) is 0 Å². The van der Waals surface area contributed by atoms with Gasteiger partial charge < -0.3 is 15.1 Å². The highest BCUT2D eigenvalue weighted by Gasteiger charge is 2.12. The summed E-state index contributed by atoms with van der Waals surface area (Å²) in [7, 11) is 4.08. The Morgan fingerprint density at radius 2 is 1.95 bits per heavy atom. The van der Waals surface area contributed by atoms with E-state index in [9.17, 15) is 0 Å². The third-order valence-corrected chi connectivity index (χ3v) is 3.63. The minimum atomic E-state index is 1.04. The smallest absolute Gasteiger partial charge is 0.135 e. The first-order valence-corrected chi connectivity index (χ1v) is 6.77. The molecule has 0 radical (unpaired) electrons. The van der Waals surface area contributed by atoms with Crippen LogP contribution in [0.5, 0.6) is 0 Å². The molecule has 2 aromatic rings. The lowest BCUT2D eigenvalue weighted by Gasteiger charge is -2.29. The summed E-state index contributed by atoms with van der Waals surface area (Å²) >= 11 is 0. The molecule has 0 aliphatic carbocycles. The highest BCUT2D eigenvalue weighted by molar-refractivity contribution is 5.94. The average Bonchev–Trinajstić information content (AvgIpc) is 2.47. The molecule has 4 nitrogen and oxygen atoms in total. The molecular weight excluding hydrogens is 236 g/mol. The van der Waals surface area contributed by atoms with Gasteiger partial charge in [-0.25, -0.2) is 4.98 Å². The number of anilines is 2. The lowest BCUT2D eigenvalue weighted by atomic mass is 10.1. The van der Waals surface area contributed by atoms with Crippen LogP contribution in [0.2, 0.25) is 0 Å². The summed E-state index contributed by atoms with van der Waals surface area (Å²) in [6, 6.07) is 8.75. The molecule has 1 aliphatic rings. The molecule has 0 amide bonds. The van der Waals surface area contributed by atoms with Gasteiger partial charge in [0.2, 0.25) is 0 Å². The number of fused-ring (bicyclic) bond motifs is 1. The molecule has 1 aliphatic heterocycles. The Labute approximate surface area is 114 Å². The van der Waals surface area contributed by atoms with Gasteiger partial charge in [0.1, 0.15) is 5.82 Å². The van der Waals surface area contributed by atoms with E-state index in [1.54, 1.807) is 0 Å². The van der Waals surface area contributed by atoms with E-state index in [4.69, 9.17) is 0 Å². The monoisotopic (exact) mass is 256 g/mol. The highest BCUT2D eigenvalue weighted by Crippen LogP contribution is 2.27. The minimum Gasteiger partial charge on any atom is -0.369 e. The molecule has 4 heteroatoms. The molecule has 1 saturated heterocycles. The predicted molar refractivity (Wildman–Crippen MR) is 81.2 cm³/mol. The van der Waals surface area contributed by atoms with Crippen molar-refractivity contribution in [1.29, 1.82) is 0 Å². The Kier molecular flexibility index (Phi) is 3.25. The number of nitrogens with one attached hydrogen (secondary N) is 1. The normalized spacial score (nSPS) is 15.8. The van der Waals surface area contributed by atoms with Crippen molar-refractivity contribution < 1.29 is 0 Å². The lowest BCUT2D eigenvalue weighted by Crippen LogP contribution is -2.43. The summed E-state index contributed by atoms with van der Waals surface area (Å²) in [5.41, 5.74) is 1.30. The number of pyridine rings is 1. The van der Waals surface area contributed by atoms with Crippen LogP contribution in [0.3, 0.4) is 0 Å². The molecule has 0 spiro atoms. The molecule has 1 N–H and O–H groups in total. The zero-order valence-electron chi connectivity index (χ0n) is 11.6. The molecule has 1 aromatic carbocycles. The summed E-state index contributed by atoms with van der Waals surface area (Å²) in [6.45, 7) is 4.27. The second-order valence-electron chi connectivity index (χ2n) is 5.17. The summed E-state index contributed by atoms with van der Waals surface area (Å²) in [4.78, 5) is 8.99. The maximum absolute atomic E-state index is 4.49. The minimum absolute atomic E-state index is 1.04. The maximum atomic E-state index is 4.49. The molecule has 3 rings (SSSR count). The molecule has 0 saturated carbocycles. The molecule has 100 valence electrons. The van der Waals surface area contributed by atoms with E-state index in [1.807, 2.05) is 20.3 Å². The Hall–Kier alpha value is -1.81. The Balaban J connectivity index is 2.05. The van der Waals surface area contributed by atoms with Crippen molar-refractivity contribution in [1.82, 2.24) is 10.3 Å². The standard InChI is InChI=1S/C15H20N4/c1-18(2)15-14-11-13(19-9-7-16-8-10-19)4-3-12(14)5-6-17-15/h3-6,11,16H,7-10H2,1-2H3. The third-order valence-electron chi connectivity index (χ3n) is 3.63. The third kappa shape index (κ3) is 2.36. The van der Waals surface area contributed by atoms with Crippen LogP contribution in [0.25, 0.3) is 10.8 Å². The van der Waals surface area contributed by atoms with Gasteiger partial charge in [0.05, 0.1) is 0 Å². The van der Waals surface area contributed by atoms with Crippen molar-refractivity contribution in [2.45, 2.75) is 0 Å².